The van der Waals surface area contributed by atoms with Gasteiger partial charge in [-0.15, -0.1) is 0 Å². The van der Waals surface area contributed by atoms with Gasteiger partial charge in [0.2, 0.25) is 0 Å². The highest BCUT2D eigenvalue weighted by atomic mass is 16.5. The van der Waals surface area contributed by atoms with Crippen molar-refractivity contribution in [3.05, 3.63) is 52.4 Å². The quantitative estimate of drug-likeness (QED) is 0.833. The molecular weight excluding hydrogens is 286 g/mol. The first-order valence-corrected chi connectivity index (χ1v) is 6.66. The number of hydrogen-bond acceptors (Lipinski definition) is 5. The number of aliphatic imine (C=N–C) groups is 1. The molecule has 0 unspecified atom stereocenters. The lowest BCUT2D eigenvalue weighted by molar-refractivity contribution is -0.138. The Morgan fingerprint density at radius 2 is 2.00 bits per heavy atom. The molecule has 1 aromatic rings. The van der Waals surface area contributed by atoms with Crippen molar-refractivity contribution in [3.8, 4) is 0 Å². The Morgan fingerprint density at radius 1 is 1.32 bits per heavy atom. The van der Waals surface area contributed by atoms with Crippen molar-refractivity contribution in [3.63, 3.8) is 0 Å². The number of aromatic carboxylic acids is 1. The van der Waals surface area contributed by atoms with Gasteiger partial charge in [-0.1, -0.05) is 18.2 Å². The van der Waals surface area contributed by atoms with Gasteiger partial charge in [0.25, 0.3) is 0 Å². The summed E-state index contributed by atoms with van der Waals surface area (Å²) in [4.78, 5) is 27.1. The van der Waals surface area contributed by atoms with Crippen molar-refractivity contribution in [1.82, 2.24) is 0 Å². The number of aliphatic hydroxyl groups is 1. The Balaban J connectivity index is 2.47. The molecule has 22 heavy (non-hydrogen) atoms. The minimum atomic E-state index is -1.08. The molecule has 1 aliphatic rings. The predicted molar refractivity (Wildman–Crippen MR) is 80.8 cm³/mol. The van der Waals surface area contributed by atoms with Gasteiger partial charge < -0.3 is 14.9 Å². The van der Waals surface area contributed by atoms with Gasteiger partial charge >= 0.3 is 11.9 Å². The summed E-state index contributed by atoms with van der Waals surface area (Å²) in [7, 11) is 0. The van der Waals surface area contributed by atoms with Crippen LogP contribution in [0.25, 0.3) is 6.08 Å². The highest BCUT2D eigenvalue weighted by Gasteiger charge is 2.27. The Hall–Kier alpha value is -2.89. The maximum absolute atomic E-state index is 11.8. The molecule has 1 aliphatic heterocycles. The van der Waals surface area contributed by atoms with Crippen molar-refractivity contribution in [2.24, 2.45) is 4.99 Å². The van der Waals surface area contributed by atoms with Gasteiger partial charge in [-0.3, -0.25) is 0 Å². The van der Waals surface area contributed by atoms with Crippen LogP contribution in [-0.4, -0.2) is 34.5 Å². The lowest BCUT2D eigenvalue weighted by Gasteiger charge is -2.03. The van der Waals surface area contributed by atoms with E-state index in [0.29, 0.717) is 11.3 Å². The third kappa shape index (κ3) is 2.90. The molecule has 114 valence electrons. The second-order valence-electron chi connectivity index (χ2n) is 4.56. The fourth-order valence-corrected chi connectivity index (χ4v) is 2.10. The molecule has 1 heterocycles. The van der Waals surface area contributed by atoms with Crippen LogP contribution in [0.4, 0.5) is 0 Å². The Labute approximate surface area is 127 Å². The molecule has 0 bridgehead atoms. The van der Waals surface area contributed by atoms with Crippen molar-refractivity contribution in [1.29, 1.82) is 0 Å². The fourth-order valence-electron chi connectivity index (χ4n) is 2.10. The Morgan fingerprint density at radius 3 is 2.64 bits per heavy atom. The summed E-state index contributed by atoms with van der Waals surface area (Å²) in [6.07, 6.45) is 1.43. The Bertz CT molecular complexity index is 728. The smallest absolute Gasteiger partial charge is 0.343 e. The number of hydrogen-bond donors (Lipinski definition) is 2. The van der Waals surface area contributed by atoms with E-state index in [0.717, 1.165) is 0 Å². The van der Waals surface area contributed by atoms with E-state index in [1.807, 2.05) is 0 Å². The first kappa shape index (κ1) is 15.5. The largest absolute Gasteiger partial charge is 0.505 e. The molecule has 2 rings (SSSR count). The topological polar surface area (TPSA) is 96.2 Å². The summed E-state index contributed by atoms with van der Waals surface area (Å²) in [5.41, 5.74) is 0.934. The summed E-state index contributed by atoms with van der Waals surface area (Å²) >= 11 is 0. The second kappa shape index (κ2) is 6.26. The minimum absolute atomic E-state index is 0.000839. The molecule has 0 radical (unpaired) electrons. The molecule has 2 N–H and O–H groups in total. The van der Waals surface area contributed by atoms with E-state index in [4.69, 9.17) is 9.84 Å². The van der Waals surface area contributed by atoms with Gasteiger partial charge in [-0.2, -0.15) is 0 Å². The van der Waals surface area contributed by atoms with Crippen molar-refractivity contribution < 1.29 is 24.5 Å². The molecule has 0 spiro atoms. The zero-order valence-electron chi connectivity index (χ0n) is 12.2. The molecule has 0 aliphatic carbocycles. The van der Waals surface area contributed by atoms with Gasteiger partial charge in [0, 0.05) is 0 Å². The standard InChI is InChI=1S/C16H15NO5/c1-3-22-16(21)13-9(2)17-12(14(13)18)8-10-6-4-5-7-11(10)15(19)20/h4-8,18H,3H2,1-2H3,(H,19,20). The fraction of sp³-hybridized carbons (Fsp3) is 0.188. The van der Waals surface area contributed by atoms with Crippen LogP contribution >= 0.6 is 0 Å². The second-order valence-corrected chi connectivity index (χ2v) is 4.56. The molecule has 6 nitrogen and oxygen atoms in total. The summed E-state index contributed by atoms with van der Waals surface area (Å²) in [5, 5.41) is 19.3. The highest BCUT2D eigenvalue weighted by Crippen LogP contribution is 2.27. The molecule has 0 saturated carbocycles. The number of aliphatic hydroxyl groups excluding tert-OH is 1. The van der Waals surface area contributed by atoms with Gasteiger partial charge in [0.15, 0.2) is 5.76 Å². The molecule has 6 heteroatoms. The van der Waals surface area contributed by atoms with Crippen molar-refractivity contribution in [2.75, 3.05) is 6.61 Å². The van der Waals surface area contributed by atoms with E-state index >= 15 is 0 Å². The number of benzene rings is 1. The number of carbonyl (C=O) groups is 2. The number of carbonyl (C=O) groups excluding carboxylic acids is 1. The summed E-state index contributed by atoms with van der Waals surface area (Å²) in [5.74, 6) is -2.05. The van der Waals surface area contributed by atoms with Crippen LogP contribution in [0.5, 0.6) is 0 Å². The average molecular weight is 301 g/mol. The maximum atomic E-state index is 11.8. The molecule has 0 amide bonds. The van der Waals surface area contributed by atoms with Crippen LogP contribution in [0.2, 0.25) is 0 Å². The minimum Gasteiger partial charge on any atom is -0.505 e. The van der Waals surface area contributed by atoms with Gasteiger partial charge in [-0.05, 0) is 31.6 Å². The normalized spacial score (nSPS) is 15.9. The zero-order chi connectivity index (χ0) is 16.3. The lowest BCUT2D eigenvalue weighted by Crippen LogP contribution is -2.13. The van der Waals surface area contributed by atoms with E-state index in [1.54, 1.807) is 32.0 Å². The molecule has 0 aromatic heterocycles. The van der Waals surface area contributed by atoms with E-state index in [9.17, 15) is 14.7 Å². The monoisotopic (exact) mass is 301 g/mol. The number of rotatable bonds is 4. The first-order valence-electron chi connectivity index (χ1n) is 6.66. The molecule has 0 fully saturated rings. The van der Waals surface area contributed by atoms with E-state index in [2.05, 4.69) is 4.99 Å². The molecule has 0 saturated heterocycles. The number of nitrogens with zero attached hydrogens (tertiary/aromatic N) is 1. The van der Waals surface area contributed by atoms with Crippen molar-refractivity contribution in [2.45, 2.75) is 13.8 Å². The summed E-state index contributed by atoms with van der Waals surface area (Å²) in [6.45, 7) is 3.42. The average Bonchev–Trinajstić information content (AvgIpc) is 2.74. The summed E-state index contributed by atoms with van der Waals surface area (Å²) < 4.78 is 4.87. The number of carboxylic acid groups (broad SMARTS) is 1. The zero-order valence-corrected chi connectivity index (χ0v) is 12.2. The third-order valence-electron chi connectivity index (χ3n) is 3.09. The van der Waals surface area contributed by atoms with Crippen LogP contribution in [0.1, 0.15) is 29.8 Å². The lowest BCUT2D eigenvalue weighted by atomic mass is 10.1. The van der Waals surface area contributed by atoms with Crippen LogP contribution in [0.15, 0.2) is 46.3 Å². The SMILES string of the molecule is CCOC(=O)C1=C(O)C(=Cc2ccccc2C(=O)O)N=C1C. The third-order valence-corrected chi connectivity index (χ3v) is 3.09. The van der Waals surface area contributed by atoms with E-state index in [1.165, 1.54) is 12.1 Å². The van der Waals surface area contributed by atoms with Crippen LogP contribution < -0.4 is 0 Å². The molecule has 1 aromatic carbocycles. The number of carboxylic acids is 1. The predicted octanol–water partition coefficient (Wildman–Crippen LogP) is 2.58. The van der Waals surface area contributed by atoms with Crippen LogP contribution in [-0.2, 0) is 9.53 Å². The van der Waals surface area contributed by atoms with Gasteiger partial charge in [0.1, 0.15) is 11.3 Å². The molecule has 0 atom stereocenters. The van der Waals surface area contributed by atoms with Crippen molar-refractivity contribution >= 4 is 23.7 Å². The van der Waals surface area contributed by atoms with Crippen LogP contribution in [0, 0.1) is 0 Å². The van der Waals surface area contributed by atoms with Crippen LogP contribution in [0.3, 0.4) is 0 Å². The highest BCUT2D eigenvalue weighted by molar-refractivity contribution is 6.22. The number of ether oxygens (including phenoxy) is 1. The number of esters is 1. The summed E-state index contributed by atoms with van der Waals surface area (Å²) in [6, 6.07) is 6.33. The van der Waals surface area contributed by atoms with Gasteiger partial charge in [-0.25, -0.2) is 14.6 Å². The molecular formula is C16H15NO5. The van der Waals surface area contributed by atoms with Gasteiger partial charge in [0.05, 0.1) is 17.9 Å². The maximum Gasteiger partial charge on any atom is 0.343 e. The van der Waals surface area contributed by atoms with E-state index < -0.39 is 11.9 Å². The Kier molecular flexibility index (Phi) is 4.41. The first-order chi connectivity index (χ1) is 10.5. The van der Waals surface area contributed by atoms with E-state index in [-0.39, 0.29) is 29.2 Å².